The van der Waals surface area contributed by atoms with Gasteiger partial charge in [0.25, 0.3) is 0 Å². The summed E-state index contributed by atoms with van der Waals surface area (Å²) in [6.07, 6.45) is 92.6. The zero-order chi connectivity index (χ0) is 60.7. The third-order valence-electron chi connectivity index (χ3n) is 14.2. The van der Waals surface area contributed by atoms with E-state index < -0.39 is 49.5 Å². The van der Waals surface area contributed by atoms with Crippen LogP contribution in [0.25, 0.3) is 0 Å². The van der Waals surface area contributed by atoms with E-state index in [-0.39, 0.29) is 18.9 Å². The molecule has 9 nitrogen and oxygen atoms in total. The fraction of sp³-hybridized carbons (Fsp3) is 0.587. The summed E-state index contributed by atoms with van der Waals surface area (Å²) >= 11 is 0. The molecule has 7 unspecified atom stereocenters. The maximum Gasteiger partial charge on any atom is 0.220 e. The van der Waals surface area contributed by atoms with E-state index in [4.69, 9.17) is 9.47 Å². The second-order valence-electron chi connectivity index (χ2n) is 21.8. The molecule has 1 aliphatic rings. The lowest BCUT2D eigenvalue weighted by molar-refractivity contribution is -0.302. The molecule has 1 amide bonds. The van der Waals surface area contributed by atoms with Gasteiger partial charge in [-0.15, -0.1) is 0 Å². The van der Waals surface area contributed by atoms with E-state index in [1.165, 1.54) is 77.0 Å². The first kappa shape index (κ1) is 77.3. The molecule has 472 valence electrons. The first-order valence-electron chi connectivity index (χ1n) is 33.0. The van der Waals surface area contributed by atoms with Crippen molar-refractivity contribution in [3.8, 4) is 0 Å². The van der Waals surface area contributed by atoms with E-state index in [2.05, 4.69) is 189 Å². The highest BCUT2D eigenvalue weighted by Gasteiger charge is 2.44. The van der Waals surface area contributed by atoms with Crippen LogP contribution in [-0.2, 0) is 14.3 Å². The summed E-state index contributed by atoms with van der Waals surface area (Å²) in [4.78, 5) is 13.1. The molecule has 0 aromatic heterocycles. The van der Waals surface area contributed by atoms with E-state index in [1.807, 2.05) is 6.08 Å². The van der Waals surface area contributed by atoms with Crippen molar-refractivity contribution in [3.05, 3.63) is 182 Å². The summed E-state index contributed by atoms with van der Waals surface area (Å²) in [7, 11) is 0. The van der Waals surface area contributed by atoms with Crippen LogP contribution >= 0.6 is 0 Å². The van der Waals surface area contributed by atoms with Gasteiger partial charge >= 0.3 is 0 Å². The lowest BCUT2D eigenvalue weighted by Gasteiger charge is -2.40. The Balaban J connectivity index is 2.26. The molecular formula is C75H119NO8. The first-order valence-corrected chi connectivity index (χ1v) is 33.0. The Morgan fingerprint density at radius 2 is 0.750 bits per heavy atom. The minimum absolute atomic E-state index is 0.236. The SMILES string of the molecule is CC/C=C\C/C=C\C/C=C\C/C=C\C/C=C\C/C=C\C/C=C\C/C=C\C/C=C\C/C=C\C/C=C\C/C=C\CCCCC(=O)NC(COC1OC(CO)C(O)C(O)C1O)C(O)/C=C/CC/C=C/CC/C=C/CCCCCCCCCCCCCC. The van der Waals surface area contributed by atoms with Gasteiger partial charge in [0, 0.05) is 6.42 Å². The molecule has 0 aromatic carbocycles. The normalized spacial score (nSPS) is 19.4. The Morgan fingerprint density at radius 3 is 1.14 bits per heavy atom. The summed E-state index contributed by atoms with van der Waals surface area (Å²) in [5.41, 5.74) is 0. The van der Waals surface area contributed by atoms with Gasteiger partial charge in [-0.25, -0.2) is 0 Å². The highest BCUT2D eigenvalue weighted by molar-refractivity contribution is 5.76. The lowest BCUT2D eigenvalue weighted by Crippen LogP contribution is -2.60. The quantitative estimate of drug-likeness (QED) is 0.0261. The summed E-state index contributed by atoms with van der Waals surface area (Å²) in [5, 5.41) is 54.6. The van der Waals surface area contributed by atoms with Crippen LogP contribution < -0.4 is 5.32 Å². The van der Waals surface area contributed by atoms with Crippen molar-refractivity contribution in [3.63, 3.8) is 0 Å². The number of carbonyl (C=O) groups is 1. The van der Waals surface area contributed by atoms with Gasteiger partial charge in [-0.3, -0.25) is 4.79 Å². The van der Waals surface area contributed by atoms with Crippen LogP contribution in [0.1, 0.15) is 226 Å². The molecule has 0 spiro atoms. The van der Waals surface area contributed by atoms with Gasteiger partial charge < -0.3 is 40.3 Å². The van der Waals surface area contributed by atoms with E-state index in [0.29, 0.717) is 12.8 Å². The molecule has 7 atom stereocenters. The Kier molecular flexibility index (Phi) is 56.5. The number of hydrogen-bond donors (Lipinski definition) is 6. The molecular weight excluding hydrogens is 1040 g/mol. The minimum atomic E-state index is -1.60. The van der Waals surface area contributed by atoms with Crippen molar-refractivity contribution in [1.29, 1.82) is 0 Å². The highest BCUT2D eigenvalue weighted by Crippen LogP contribution is 2.23. The second-order valence-corrected chi connectivity index (χ2v) is 21.8. The van der Waals surface area contributed by atoms with Gasteiger partial charge in [0.1, 0.15) is 24.4 Å². The first-order chi connectivity index (χ1) is 41.3. The molecule has 0 radical (unpaired) electrons. The summed E-state index contributed by atoms with van der Waals surface area (Å²) in [5.74, 6) is -0.240. The molecule has 1 rings (SSSR count). The number of ether oxygens (including phenoxy) is 2. The third-order valence-corrected chi connectivity index (χ3v) is 14.2. The predicted octanol–water partition coefficient (Wildman–Crippen LogP) is 17.9. The van der Waals surface area contributed by atoms with Crippen molar-refractivity contribution < 1.29 is 39.8 Å². The van der Waals surface area contributed by atoms with Crippen molar-refractivity contribution in [2.24, 2.45) is 0 Å². The number of carbonyl (C=O) groups excluding carboxylic acids is 1. The van der Waals surface area contributed by atoms with Crippen molar-refractivity contribution in [2.45, 2.75) is 269 Å². The fourth-order valence-electron chi connectivity index (χ4n) is 9.05. The Hall–Kier alpha value is -4.71. The van der Waals surface area contributed by atoms with Gasteiger partial charge in [-0.1, -0.05) is 267 Å². The van der Waals surface area contributed by atoms with Crippen molar-refractivity contribution in [1.82, 2.24) is 5.32 Å². The predicted molar refractivity (Wildman–Crippen MR) is 358 cm³/mol. The van der Waals surface area contributed by atoms with E-state index in [9.17, 15) is 30.3 Å². The highest BCUT2D eigenvalue weighted by atomic mass is 16.7. The molecule has 84 heavy (non-hydrogen) atoms. The molecule has 0 bridgehead atoms. The minimum Gasteiger partial charge on any atom is -0.394 e. The van der Waals surface area contributed by atoms with Crippen molar-refractivity contribution >= 4 is 5.91 Å². The number of aliphatic hydroxyl groups excluding tert-OH is 5. The molecule has 1 aliphatic heterocycles. The van der Waals surface area contributed by atoms with E-state index in [0.717, 1.165) is 116 Å². The zero-order valence-electron chi connectivity index (χ0n) is 52.6. The second kappa shape index (κ2) is 61.4. The molecule has 0 aliphatic carbocycles. The standard InChI is InChI=1S/C75H119NO8/c1-3-5-7-9-11-13-15-17-19-21-23-25-27-28-29-30-31-32-33-34-35-36-37-38-39-40-41-42-43-45-47-49-51-53-55-57-59-61-63-65-71(79)76-68(67-83-75-74(82)73(81)72(80)70(66-77)84-75)69(78)64-62-60-58-56-54-52-50-48-46-44-26-24-22-20-18-16-14-12-10-8-6-4-2/h5,7,11,13,17,19,23,25,28-29,31-32,34-35,37-38,40-41,43,45-46,48-49,51,54-57,62,64,68-70,72-75,77-78,80-82H,3-4,6,8-10,12,14-16,18,20-22,24,26-27,30,33,36,39,42,44,47,50,52-53,58-61,63,65-67H2,1-2H3,(H,76,79)/b7-5-,13-11-,19-17-,25-23-,29-28-,32-31-,35-34-,38-37-,41-40-,45-43-,48-46+,51-49-,56-54+,57-55-,64-62+. The number of unbranched alkanes of at least 4 members (excludes halogenated alkanes) is 16. The largest absolute Gasteiger partial charge is 0.394 e. The molecule has 0 aromatic rings. The number of allylic oxidation sites excluding steroid dienone is 29. The average Bonchev–Trinajstić information content (AvgIpc) is 3.70. The van der Waals surface area contributed by atoms with Gasteiger partial charge in [0.2, 0.25) is 5.91 Å². The molecule has 1 heterocycles. The van der Waals surface area contributed by atoms with Crippen LogP contribution in [0, 0.1) is 0 Å². The number of amides is 1. The van der Waals surface area contributed by atoms with Crippen LogP contribution in [0.15, 0.2) is 182 Å². The number of aliphatic hydroxyl groups is 5. The summed E-state index contributed by atoms with van der Waals surface area (Å²) in [6, 6.07) is -0.867. The van der Waals surface area contributed by atoms with Crippen LogP contribution in [0.3, 0.4) is 0 Å². The van der Waals surface area contributed by atoms with Gasteiger partial charge in [-0.05, 0) is 135 Å². The lowest BCUT2D eigenvalue weighted by atomic mass is 9.99. The van der Waals surface area contributed by atoms with E-state index >= 15 is 0 Å². The van der Waals surface area contributed by atoms with Crippen LogP contribution in [-0.4, -0.2) is 87.5 Å². The molecule has 1 saturated heterocycles. The zero-order valence-corrected chi connectivity index (χ0v) is 52.6. The van der Waals surface area contributed by atoms with E-state index in [1.54, 1.807) is 6.08 Å². The maximum atomic E-state index is 13.1. The maximum absolute atomic E-state index is 13.1. The Bertz CT molecular complexity index is 1980. The summed E-state index contributed by atoms with van der Waals surface area (Å²) in [6.45, 7) is 3.61. The van der Waals surface area contributed by atoms with Crippen LogP contribution in [0.4, 0.5) is 0 Å². The van der Waals surface area contributed by atoms with Gasteiger partial charge in [-0.2, -0.15) is 0 Å². The topological polar surface area (TPSA) is 149 Å². The smallest absolute Gasteiger partial charge is 0.220 e. The van der Waals surface area contributed by atoms with Crippen LogP contribution in [0.2, 0.25) is 0 Å². The third kappa shape index (κ3) is 49.5. The average molecular weight is 1160 g/mol. The summed E-state index contributed by atoms with van der Waals surface area (Å²) < 4.78 is 11.2. The van der Waals surface area contributed by atoms with Gasteiger partial charge in [0.15, 0.2) is 6.29 Å². The van der Waals surface area contributed by atoms with Gasteiger partial charge in [0.05, 0.1) is 25.4 Å². The van der Waals surface area contributed by atoms with Crippen LogP contribution in [0.5, 0.6) is 0 Å². The monoisotopic (exact) mass is 1160 g/mol. The van der Waals surface area contributed by atoms with Crippen molar-refractivity contribution in [2.75, 3.05) is 13.2 Å². The number of rotatable bonds is 54. The molecule has 9 heteroatoms. The number of nitrogens with one attached hydrogen (secondary N) is 1. The number of hydrogen-bond acceptors (Lipinski definition) is 8. The molecule has 1 fully saturated rings. The fourth-order valence-corrected chi connectivity index (χ4v) is 9.05. The Morgan fingerprint density at radius 1 is 0.417 bits per heavy atom. The Labute approximate surface area is 512 Å². The molecule has 6 N–H and O–H groups in total. The molecule has 0 saturated carbocycles.